The minimum absolute atomic E-state index is 0.0187. The zero-order chi connectivity index (χ0) is 15.7. The molecule has 1 fully saturated rings. The number of hydrogen-bond donors (Lipinski definition) is 0. The van der Waals surface area contributed by atoms with Crippen LogP contribution in [-0.4, -0.2) is 34.7 Å². The fourth-order valence-corrected chi connectivity index (χ4v) is 3.18. The third-order valence-electron chi connectivity index (χ3n) is 4.54. The van der Waals surface area contributed by atoms with E-state index < -0.39 is 5.60 Å². The second-order valence-electron chi connectivity index (χ2n) is 6.39. The van der Waals surface area contributed by atoms with Gasteiger partial charge in [-0.2, -0.15) is 0 Å². The summed E-state index contributed by atoms with van der Waals surface area (Å²) < 4.78 is 13.3. The molecule has 2 atom stereocenters. The van der Waals surface area contributed by atoms with Gasteiger partial charge in [0.2, 0.25) is 5.60 Å². The molecule has 0 radical (unpaired) electrons. The number of nitrogens with zero attached hydrogens (tertiary/aromatic N) is 2. The Hall–Kier alpha value is -1.91. The molecule has 1 amide bonds. The van der Waals surface area contributed by atoms with Gasteiger partial charge < -0.3 is 9.74 Å². The van der Waals surface area contributed by atoms with Gasteiger partial charge in [-0.1, -0.05) is 17.3 Å². The van der Waals surface area contributed by atoms with Gasteiger partial charge in [0, 0.05) is 24.6 Å². The number of hydrogen-bond acceptors (Lipinski definition) is 3. The fraction of sp³-hybridized carbons (Fsp3) is 0.529. The first-order chi connectivity index (χ1) is 10.5. The lowest BCUT2D eigenvalue weighted by atomic mass is 9.92. The molecule has 0 N–H and O–H groups in total. The lowest BCUT2D eigenvalue weighted by Crippen LogP contribution is -2.52. The largest absolute Gasteiger partial charge is 0.379 e. The number of likely N-dealkylation sites (tertiary alicyclic amines) is 1. The third-order valence-corrected chi connectivity index (χ3v) is 4.54. The van der Waals surface area contributed by atoms with Gasteiger partial charge in [-0.25, -0.2) is 4.39 Å². The summed E-state index contributed by atoms with van der Waals surface area (Å²) in [5.74, 6) is -0.334. The molecule has 0 aliphatic carbocycles. The molecule has 0 aromatic heterocycles. The molecule has 5 heteroatoms. The van der Waals surface area contributed by atoms with Crippen LogP contribution in [0.1, 0.15) is 45.1 Å². The van der Waals surface area contributed by atoms with Crippen LogP contribution in [0.3, 0.4) is 0 Å². The van der Waals surface area contributed by atoms with Crippen LogP contribution in [0.25, 0.3) is 0 Å². The highest BCUT2D eigenvalue weighted by molar-refractivity contribution is 6.05. The van der Waals surface area contributed by atoms with E-state index in [0.29, 0.717) is 17.7 Å². The highest BCUT2D eigenvalue weighted by atomic mass is 19.1. The summed E-state index contributed by atoms with van der Waals surface area (Å²) in [6.45, 7) is 4.62. The van der Waals surface area contributed by atoms with Crippen LogP contribution in [0, 0.1) is 5.82 Å². The zero-order valence-electron chi connectivity index (χ0n) is 13.0. The van der Waals surface area contributed by atoms with E-state index in [1.165, 1.54) is 12.1 Å². The zero-order valence-corrected chi connectivity index (χ0v) is 13.0. The summed E-state index contributed by atoms with van der Waals surface area (Å²) >= 11 is 0. The maximum atomic E-state index is 13.3. The van der Waals surface area contributed by atoms with Crippen molar-refractivity contribution in [3.05, 3.63) is 35.6 Å². The van der Waals surface area contributed by atoms with Gasteiger partial charge in [-0.3, -0.25) is 4.79 Å². The van der Waals surface area contributed by atoms with E-state index in [4.69, 9.17) is 4.84 Å². The Bertz CT molecular complexity index is 616. The summed E-state index contributed by atoms with van der Waals surface area (Å²) in [5.41, 5.74) is 0.316. The lowest BCUT2D eigenvalue weighted by Gasteiger charge is -2.37. The Morgan fingerprint density at radius 3 is 3.00 bits per heavy atom. The summed E-state index contributed by atoms with van der Waals surface area (Å²) in [5, 5.41) is 4.04. The van der Waals surface area contributed by atoms with Crippen LogP contribution in [0.4, 0.5) is 4.39 Å². The number of halogens is 1. The Kier molecular flexibility index (Phi) is 3.89. The Morgan fingerprint density at radius 2 is 2.27 bits per heavy atom. The van der Waals surface area contributed by atoms with Crippen LogP contribution in [0.5, 0.6) is 0 Å². The molecule has 1 aromatic carbocycles. The van der Waals surface area contributed by atoms with Crippen LogP contribution in [0.15, 0.2) is 29.4 Å². The molecule has 2 aliphatic rings. The summed E-state index contributed by atoms with van der Waals surface area (Å²) in [6, 6.07) is 6.46. The van der Waals surface area contributed by atoms with Gasteiger partial charge in [0.15, 0.2) is 0 Å². The molecular formula is C17H21FN2O2. The molecule has 2 aliphatic heterocycles. The average molecular weight is 304 g/mol. The highest BCUT2D eigenvalue weighted by Crippen LogP contribution is 2.31. The van der Waals surface area contributed by atoms with Crippen molar-refractivity contribution < 1.29 is 14.0 Å². The van der Waals surface area contributed by atoms with Gasteiger partial charge in [0.25, 0.3) is 5.91 Å². The van der Waals surface area contributed by atoms with E-state index in [2.05, 4.69) is 12.1 Å². The number of carbonyl (C=O) groups is 1. The van der Waals surface area contributed by atoms with E-state index >= 15 is 0 Å². The van der Waals surface area contributed by atoms with E-state index in [1.54, 1.807) is 19.1 Å². The fourth-order valence-electron chi connectivity index (χ4n) is 3.18. The predicted molar refractivity (Wildman–Crippen MR) is 82.1 cm³/mol. The van der Waals surface area contributed by atoms with Crippen LogP contribution in [-0.2, 0) is 9.63 Å². The van der Waals surface area contributed by atoms with Crippen molar-refractivity contribution in [2.75, 3.05) is 6.54 Å². The second kappa shape index (κ2) is 5.71. The van der Waals surface area contributed by atoms with Crippen molar-refractivity contribution >= 4 is 11.6 Å². The number of oxime groups is 1. The molecule has 1 saturated heterocycles. The Labute approximate surface area is 129 Å². The summed E-state index contributed by atoms with van der Waals surface area (Å²) in [7, 11) is 0. The molecular weight excluding hydrogens is 283 g/mol. The van der Waals surface area contributed by atoms with Crippen molar-refractivity contribution in [2.24, 2.45) is 5.16 Å². The monoisotopic (exact) mass is 304 g/mol. The quantitative estimate of drug-likeness (QED) is 0.842. The van der Waals surface area contributed by atoms with Crippen molar-refractivity contribution in [3.63, 3.8) is 0 Å². The van der Waals surface area contributed by atoms with Gasteiger partial charge in [-0.15, -0.1) is 0 Å². The van der Waals surface area contributed by atoms with E-state index in [0.717, 1.165) is 25.8 Å². The van der Waals surface area contributed by atoms with Crippen LogP contribution < -0.4 is 0 Å². The number of amides is 1. The van der Waals surface area contributed by atoms with Gasteiger partial charge in [0.05, 0.1) is 5.71 Å². The van der Waals surface area contributed by atoms with E-state index in [1.807, 2.05) is 4.90 Å². The number of rotatable bonds is 2. The lowest BCUT2D eigenvalue weighted by molar-refractivity contribution is -0.156. The minimum atomic E-state index is -0.979. The standard InChI is InChI=1S/C17H21FN2O2/c1-12-6-3-4-9-20(12)16(21)17(2)11-15(19-22-17)13-7-5-8-14(18)10-13/h5,7-8,10,12H,3-4,6,9,11H2,1-2H3/t12-,17-/m0/s1. The van der Waals surface area contributed by atoms with Crippen molar-refractivity contribution in [1.29, 1.82) is 0 Å². The van der Waals surface area contributed by atoms with E-state index in [-0.39, 0.29) is 17.8 Å². The predicted octanol–water partition coefficient (Wildman–Crippen LogP) is 3.11. The molecule has 2 heterocycles. The Balaban J connectivity index is 1.75. The van der Waals surface area contributed by atoms with E-state index in [9.17, 15) is 9.18 Å². The van der Waals surface area contributed by atoms with Gasteiger partial charge in [-0.05, 0) is 45.2 Å². The summed E-state index contributed by atoms with van der Waals surface area (Å²) in [4.78, 5) is 20.2. The topological polar surface area (TPSA) is 41.9 Å². The second-order valence-corrected chi connectivity index (χ2v) is 6.39. The Morgan fingerprint density at radius 1 is 1.45 bits per heavy atom. The molecule has 0 saturated carbocycles. The van der Waals surface area contributed by atoms with Crippen LogP contribution >= 0.6 is 0 Å². The van der Waals surface area contributed by atoms with Crippen LogP contribution in [0.2, 0.25) is 0 Å². The maximum Gasteiger partial charge on any atom is 0.269 e. The smallest absolute Gasteiger partial charge is 0.269 e. The molecule has 0 bridgehead atoms. The van der Waals surface area contributed by atoms with Crippen molar-refractivity contribution in [3.8, 4) is 0 Å². The first kappa shape index (κ1) is 15.0. The minimum Gasteiger partial charge on any atom is -0.379 e. The first-order valence-electron chi connectivity index (χ1n) is 7.82. The average Bonchev–Trinajstić information content (AvgIpc) is 2.91. The molecule has 22 heavy (non-hydrogen) atoms. The number of benzene rings is 1. The van der Waals surface area contributed by atoms with Crippen molar-refractivity contribution in [1.82, 2.24) is 4.90 Å². The molecule has 118 valence electrons. The number of carbonyl (C=O) groups excluding carboxylic acids is 1. The maximum absolute atomic E-state index is 13.3. The molecule has 0 unspecified atom stereocenters. The molecule has 0 spiro atoms. The summed E-state index contributed by atoms with van der Waals surface area (Å²) in [6.07, 6.45) is 3.59. The number of piperidine rings is 1. The van der Waals surface area contributed by atoms with Gasteiger partial charge in [0.1, 0.15) is 5.82 Å². The first-order valence-corrected chi connectivity index (χ1v) is 7.82. The third kappa shape index (κ3) is 2.72. The van der Waals surface area contributed by atoms with Crippen molar-refractivity contribution in [2.45, 2.75) is 51.2 Å². The highest BCUT2D eigenvalue weighted by Gasteiger charge is 2.45. The molecule has 3 rings (SSSR count). The normalized spacial score (nSPS) is 28.2. The molecule has 4 nitrogen and oxygen atoms in total. The molecule has 1 aromatic rings. The SMILES string of the molecule is C[C@H]1CCCCN1C(=O)[C@]1(C)CC(c2cccc(F)c2)=NO1. The van der Waals surface area contributed by atoms with Gasteiger partial charge >= 0.3 is 0 Å².